The number of hydrogen-bond donors (Lipinski definition) is 0. The van der Waals surface area contributed by atoms with Gasteiger partial charge in [-0.1, -0.05) is 6.58 Å². The highest BCUT2D eigenvalue weighted by molar-refractivity contribution is 5.81. The number of nitrogens with zero attached hydrogens (tertiary/aromatic N) is 2. The van der Waals surface area contributed by atoms with Crippen LogP contribution in [0.5, 0.6) is 0 Å². The lowest BCUT2D eigenvalue weighted by molar-refractivity contribution is -0.296. The van der Waals surface area contributed by atoms with E-state index in [1.165, 1.54) is 0 Å². The van der Waals surface area contributed by atoms with Crippen molar-refractivity contribution in [1.29, 1.82) is 0 Å². The third-order valence-electron chi connectivity index (χ3n) is 4.99. The van der Waals surface area contributed by atoms with Crippen LogP contribution in [0.15, 0.2) is 37.2 Å². The van der Waals surface area contributed by atoms with E-state index in [1.807, 2.05) is 17.0 Å². The maximum atomic E-state index is 12.2. The van der Waals surface area contributed by atoms with E-state index in [1.54, 1.807) is 33.2 Å². The standard InChI is InChI=1S/C25H36N2O9/c1-5-22(29)32-16-10-20(2)35-36-24(31)9-15-27(18-21-6-12-26-13-7-21)14-8-23(30)33-17-11-25(3,4)34-19-28/h5-7,12-13,19-20H,1,8-11,14-18H2,2-4H3. The van der Waals surface area contributed by atoms with Gasteiger partial charge in [0.25, 0.3) is 6.47 Å². The van der Waals surface area contributed by atoms with Crippen LogP contribution in [0.25, 0.3) is 0 Å². The Morgan fingerprint density at radius 3 is 2.39 bits per heavy atom. The van der Waals surface area contributed by atoms with E-state index < -0.39 is 29.6 Å². The molecule has 11 nitrogen and oxygen atoms in total. The molecule has 11 heteroatoms. The van der Waals surface area contributed by atoms with Gasteiger partial charge in [-0.2, -0.15) is 4.89 Å². The maximum absolute atomic E-state index is 12.2. The number of hydrogen-bond acceptors (Lipinski definition) is 11. The minimum absolute atomic E-state index is 0.0372. The van der Waals surface area contributed by atoms with E-state index >= 15 is 0 Å². The molecule has 0 bridgehead atoms. The molecule has 0 aromatic carbocycles. The van der Waals surface area contributed by atoms with Crippen LogP contribution in [0, 0.1) is 0 Å². The summed E-state index contributed by atoms with van der Waals surface area (Å²) >= 11 is 0. The van der Waals surface area contributed by atoms with Crippen LogP contribution in [0.4, 0.5) is 0 Å². The number of pyridine rings is 1. The van der Waals surface area contributed by atoms with Gasteiger partial charge in [-0.3, -0.25) is 24.4 Å². The minimum atomic E-state index is -0.717. The zero-order valence-corrected chi connectivity index (χ0v) is 21.2. The molecule has 200 valence electrons. The van der Waals surface area contributed by atoms with Crippen LogP contribution in [0.2, 0.25) is 0 Å². The number of rotatable bonds is 19. The van der Waals surface area contributed by atoms with Gasteiger partial charge < -0.3 is 14.2 Å². The second-order valence-corrected chi connectivity index (χ2v) is 8.60. The summed E-state index contributed by atoms with van der Waals surface area (Å²) in [5, 5.41) is 0. The number of ether oxygens (including phenoxy) is 3. The fraction of sp³-hybridized carbons (Fsp3) is 0.560. The first-order valence-electron chi connectivity index (χ1n) is 11.7. The van der Waals surface area contributed by atoms with E-state index in [0.717, 1.165) is 11.6 Å². The van der Waals surface area contributed by atoms with Crippen LogP contribution >= 0.6 is 0 Å². The van der Waals surface area contributed by atoms with Crippen molar-refractivity contribution in [2.75, 3.05) is 26.3 Å². The molecule has 1 aromatic heterocycles. The van der Waals surface area contributed by atoms with Gasteiger partial charge in [0, 0.05) is 50.9 Å². The van der Waals surface area contributed by atoms with Gasteiger partial charge in [0.15, 0.2) is 0 Å². The molecule has 0 saturated carbocycles. The van der Waals surface area contributed by atoms with Gasteiger partial charge in [0.05, 0.1) is 26.1 Å². The summed E-state index contributed by atoms with van der Waals surface area (Å²) in [4.78, 5) is 61.7. The lowest BCUT2D eigenvalue weighted by Crippen LogP contribution is -2.30. The number of esters is 2. The molecule has 1 heterocycles. The normalized spacial score (nSPS) is 11.9. The molecular formula is C25H36N2O9. The van der Waals surface area contributed by atoms with Crippen molar-refractivity contribution in [3.63, 3.8) is 0 Å². The molecule has 0 fully saturated rings. The summed E-state index contributed by atoms with van der Waals surface area (Å²) < 4.78 is 15.0. The van der Waals surface area contributed by atoms with Crippen LogP contribution in [-0.2, 0) is 49.7 Å². The first-order valence-corrected chi connectivity index (χ1v) is 11.7. The van der Waals surface area contributed by atoms with Crippen LogP contribution in [0.1, 0.15) is 52.0 Å². The quantitative estimate of drug-likeness (QED) is 0.0682. The molecule has 0 spiro atoms. The van der Waals surface area contributed by atoms with Gasteiger partial charge in [0.1, 0.15) is 11.7 Å². The van der Waals surface area contributed by atoms with Crippen molar-refractivity contribution in [3.8, 4) is 0 Å². The van der Waals surface area contributed by atoms with Crippen LogP contribution in [-0.4, -0.2) is 72.3 Å². The van der Waals surface area contributed by atoms with E-state index in [2.05, 4.69) is 11.6 Å². The largest absolute Gasteiger partial charge is 0.465 e. The van der Waals surface area contributed by atoms with E-state index in [0.29, 0.717) is 38.9 Å². The lowest BCUT2D eigenvalue weighted by Gasteiger charge is -2.23. The Labute approximate surface area is 211 Å². The third-order valence-corrected chi connectivity index (χ3v) is 4.99. The predicted molar refractivity (Wildman–Crippen MR) is 128 cm³/mol. The van der Waals surface area contributed by atoms with Gasteiger partial charge in [0.2, 0.25) is 0 Å². The summed E-state index contributed by atoms with van der Waals surface area (Å²) in [7, 11) is 0. The van der Waals surface area contributed by atoms with Gasteiger partial charge in [-0.15, -0.1) is 0 Å². The van der Waals surface area contributed by atoms with Crippen molar-refractivity contribution < 1.29 is 43.2 Å². The highest BCUT2D eigenvalue weighted by Crippen LogP contribution is 2.13. The Morgan fingerprint density at radius 2 is 1.75 bits per heavy atom. The summed E-state index contributed by atoms with van der Waals surface area (Å²) in [6.07, 6.45) is 4.81. The molecule has 0 aliphatic rings. The molecule has 1 atom stereocenters. The summed E-state index contributed by atoms with van der Waals surface area (Å²) in [6.45, 7) is 10.2. The molecule has 0 aliphatic heterocycles. The second kappa shape index (κ2) is 17.2. The number of aromatic nitrogens is 1. The molecule has 1 unspecified atom stereocenters. The molecule has 0 N–H and O–H groups in total. The van der Waals surface area contributed by atoms with E-state index in [4.69, 9.17) is 24.0 Å². The number of carbonyl (C=O) groups is 4. The Bertz CT molecular complexity index is 830. The smallest absolute Gasteiger partial charge is 0.343 e. The molecule has 0 aliphatic carbocycles. The van der Waals surface area contributed by atoms with Crippen molar-refractivity contribution in [1.82, 2.24) is 9.88 Å². The van der Waals surface area contributed by atoms with Crippen molar-refractivity contribution >= 4 is 24.4 Å². The van der Waals surface area contributed by atoms with Crippen LogP contribution in [0.3, 0.4) is 0 Å². The molecule has 36 heavy (non-hydrogen) atoms. The van der Waals surface area contributed by atoms with Gasteiger partial charge >= 0.3 is 17.9 Å². The Balaban J connectivity index is 2.46. The average molecular weight is 509 g/mol. The van der Waals surface area contributed by atoms with Gasteiger partial charge in [-0.05, 0) is 38.5 Å². The minimum Gasteiger partial charge on any atom is -0.465 e. The van der Waals surface area contributed by atoms with Crippen molar-refractivity contribution in [2.45, 2.75) is 64.7 Å². The molecule has 0 amide bonds. The van der Waals surface area contributed by atoms with Crippen molar-refractivity contribution in [2.24, 2.45) is 0 Å². The molecule has 1 rings (SSSR count). The summed E-state index contributed by atoms with van der Waals surface area (Å²) in [5.41, 5.74) is 0.254. The first kappa shape index (κ1) is 30.7. The monoisotopic (exact) mass is 508 g/mol. The van der Waals surface area contributed by atoms with E-state index in [-0.39, 0.29) is 26.1 Å². The lowest BCUT2D eigenvalue weighted by atomic mass is 10.1. The molecule has 0 saturated heterocycles. The second-order valence-electron chi connectivity index (χ2n) is 8.60. The Morgan fingerprint density at radius 1 is 1.08 bits per heavy atom. The highest BCUT2D eigenvalue weighted by atomic mass is 17.2. The topological polar surface area (TPSA) is 131 Å². The fourth-order valence-corrected chi connectivity index (χ4v) is 2.80. The molecule has 1 aromatic rings. The number of carbonyl (C=O) groups excluding carboxylic acids is 4. The molecule has 0 radical (unpaired) electrons. The van der Waals surface area contributed by atoms with Gasteiger partial charge in [-0.25, -0.2) is 9.59 Å². The Hall–Kier alpha value is -3.31. The first-order chi connectivity index (χ1) is 17.1. The molecular weight excluding hydrogens is 472 g/mol. The van der Waals surface area contributed by atoms with E-state index in [9.17, 15) is 19.2 Å². The summed E-state index contributed by atoms with van der Waals surface area (Å²) in [5.74, 6) is -1.49. The third kappa shape index (κ3) is 14.8. The zero-order valence-electron chi connectivity index (χ0n) is 21.2. The average Bonchev–Trinajstić information content (AvgIpc) is 2.84. The highest BCUT2D eigenvalue weighted by Gasteiger charge is 2.20. The summed E-state index contributed by atoms with van der Waals surface area (Å²) in [6, 6.07) is 3.70. The Kier molecular flexibility index (Phi) is 14.7. The SMILES string of the molecule is C=CC(=O)OCCC(C)OOC(=O)CCN(CCC(=O)OCCC(C)(C)OC=O)Cc1ccncc1. The maximum Gasteiger partial charge on any atom is 0.343 e. The zero-order chi connectivity index (χ0) is 26.8. The van der Waals surface area contributed by atoms with Crippen molar-refractivity contribution in [3.05, 3.63) is 42.7 Å². The fourth-order valence-electron chi connectivity index (χ4n) is 2.80. The van der Waals surface area contributed by atoms with Crippen LogP contribution < -0.4 is 0 Å². The predicted octanol–water partition coefficient (Wildman–Crippen LogP) is 2.53.